The lowest BCUT2D eigenvalue weighted by Crippen LogP contribution is -2.23. The Balaban J connectivity index is 1.96. The van der Waals surface area contributed by atoms with Crippen LogP contribution in [0.15, 0.2) is 53.3 Å². The van der Waals surface area contributed by atoms with Gasteiger partial charge in [0.05, 0.1) is 10.9 Å². The monoisotopic (exact) mass is 303 g/mol. The van der Waals surface area contributed by atoms with Crippen LogP contribution in [0.4, 0.5) is 5.69 Å². The molecule has 0 fully saturated rings. The van der Waals surface area contributed by atoms with Crippen molar-refractivity contribution in [1.82, 2.24) is 9.55 Å². The van der Waals surface area contributed by atoms with Gasteiger partial charge < -0.3 is 5.73 Å². The summed E-state index contributed by atoms with van der Waals surface area (Å²) in [5.74, 6) is 0.767. The Morgan fingerprint density at radius 2 is 2.00 bits per heavy atom. The number of hydrogen-bond acceptors (Lipinski definition) is 3. The standard InChI is InChI=1S/C19H17N3O/c1-12-9-14(10-13-5-3-2-4-6-13)18-21-17-8-7-15(20)11-16(17)19(23)22(12)18/h2-8,10-12H,9,20H2,1H3/b14-10+. The van der Waals surface area contributed by atoms with Gasteiger partial charge in [0.1, 0.15) is 5.82 Å². The van der Waals surface area contributed by atoms with Crippen LogP contribution in [0, 0.1) is 0 Å². The Kier molecular flexibility index (Phi) is 3.05. The number of hydrogen-bond donors (Lipinski definition) is 1. The quantitative estimate of drug-likeness (QED) is 0.700. The highest BCUT2D eigenvalue weighted by Crippen LogP contribution is 2.34. The smallest absolute Gasteiger partial charge is 0.261 e. The van der Waals surface area contributed by atoms with E-state index in [-0.39, 0.29) is 11.6 Å². The summed E-state index contributed by atoms with van der Waals surface area (Å²) in [7, 11) is 0. The first-order chi connectivity index (χ1) is 11.1. The molecular weight excluding hydrogens is 286 g/mol. The third-order valence-electron chi connectivity index (χ3n) is 4.31. The average Bonchev–Trinajstić information content (AvgIpc) is 2.85. The summed E-state index contributed by atoms with van der Waals surface area (Å²) in [6.07, 6.45) is 2.92. The van der Waals surface area contributed by atoms with E-state index in [0.717, 1.165) is 23.4 Å². The molecule has 0 bridgehead atoms. The van der Waals surface area contributed by atoms with Crippen LogP contribution in [0.2, 0.25) is 0 Å². The maximum atomic E-state index is 12.8. The van der Waals surface area contributed by atoms with Gasteiger partial charge in [-0.15, -0.1) is 0 Å². The van der Waals surface area contributed by atoms with E-state index in [4.69, 9.17) is 10.7 Å². The molecule has 2 heterocycles. The number of nitrogens with zero attached hydrogens (tertiary/aromatic N) is 2. The van der Waals surface area contributed by atoms with E-state index in [1.807, 2.05) is 24.3 Å². The molecule has 4 rings (SSSR count). The summed E-state index contributed by atoms with van der Waals surface area (Å²) in [6, 6.07) is 15.5. The Labute approximate surface area is 133 Å². The van der Waals surface area contributed by atoms with Gasteiger partial charge in [-0.05, 0) is 48.8 Å². The second kappa shape index (κ2) is 5.09. The number of benzene rings is 2. The van der Waals surface area contributed by atoms with Crippen molar-refractivity contribution in [2.45, 2.75) is 19.4 Å². The fraction of sp³-hybridized carbons (Fsp3) is 0.158. The SMILES string of the molecule is CC1C/C(=C\c2ccccc2)c2nc3ccc(N)cc3c(=O)n21. The average molecular weight is 303 g/mol. The zero-order valence-corrected chi connectivity index (χ0v) is 12.9. The number of rotatable bonds is 1. The number of fused-ring (bicyclic) bond motifs is 2. The second-order valence-electron chi connectivity index (χ2n) is 6.02. The molecule has 23 heavy (non-hydrogen) atoms. The van der Waals surface area contributed by atoms with Crippen molar-refractivity contribution in [2.24, 2.45) is 0 Å². The van der Waals surface area contributed by atoms with Gasteiger partial charge in [0, 0.05) is 11.7 Å². The van der Waals surface area contributed by atoms with Crippen molar-refractivity contribution in [2.75, 3.05) is 5.73 Å². The lowest BCUT2D eigenvalue weighted by Gasteiger charge is -2.09. The molecule has 1 aliphatic heterocycles. The Morgan fingerprint density at radius 1 is 1.22 bits per heavy atom. The number of nitrogen functional groups attached to an aromatic ring is 1. The lowest BCUT2D eigenvalue weighted by atomic mass is 10.1. The van der Waals surface area contributed by atoms with E-state index in [2.05, 4.69) is 25.1 Å². The molecule has 1 atom stereocenters. The maximum absolute atomic E-state index is 12.8. The van der Waals surface area contributed by atoms with E-state index in [1.165, 1.54) is 0 Å². The van der Waals surface area contributed by atoms with Gasteiger partial charge in [-0.25, -0.2) is 4.98 Å². The number of nitrogens with two attached hydrogens (primary N) is 1. The lowest BCUT2D eigenvalue weighted by molar-refractivity contribution is 0.574. The minimum Gasteiger partial charge on any atom is -0.399 e. The number of anilines is 1. The molecule has 0 aliphatic carbocycles. The molecule has 2 aromatic carbocycles. The third-order valence-corrected chi connectivity index (χ3v) is 4.31. The van der Waals surface area contributed by atoms with Crippen LogP contribution < -0.4 is 11.3 Å². The first-order valence-corrected chi connectivity index (χ1v) is 7.71. The topological polar surface area (TPSA) is 60.9 Å². The first kappa shape index (κ1) is 13.8. The van der Waals surface area contributed by atoms with Crippen LogP contribution in [0.1, 0.15) is 30.8 Å². The molecule has 0 spiro atoms. The summed E-state index contributed by atoms with van der Waals surface area (Å²) < 4.78 is 1.79. The van der Waals surface area contributed by atoms with Crippen molar-refractivity contribution in [3.8, 4) is 0 Å². The molecule has 0 amide bonds. The number of aromatic nitrogens is 2. The summed E-state index contributed by atoms with van der Waals surface area (Å²) >= 11 is 0. The van der Waals surface area contributed by atoms with E-state index in [0.29, 0.717) is 16.6 Å². The molecule has 0 saturated heterocycles. The molecule has 3 aromatic rings. The van der Waals surface area contributed by atoms with Crippen molar-refractivity contribution in [1.29, 1.82) is 0 Å². The molecule has 2 N–H and O–H groups in total. The fourth-order valence-electron chi connectivity index (χ4n) is 3.23. The van der Waals surface area contributed by atoms with Crippen LogP contribution in [-0.4, -0.2) is 9.55 Å². The molecule has 4 nitrogen and oxygen atoms in total. The highest BCUT2D eigenvalue weighted by molar-refractivity contribution is 5.86. The molecule has 0 saturated carbocycles. The molecule has 1 aliphatic rings. The Morgan fingerprint density at radius 3 is 2.78 bits per heavy atom. The first-order valence-electron chi connectivity index (χ1n) is 7.71. The van der Waals surface area contributed by atoms with Gasteiger partial charge in [0.15, 0.2) is 0 Å². The Hall–Kier alpha value is -2.88. The second-order valence-corrected chi connectivity index (χ2v) is 6.02. The normalized spacial score (nSPS) is 18.5. The maximum Gasteiger partial charge on any atom is 0.261 e. The summed E-state index contributed by atoms with van der Waals surface area (Å²) in [5, 5.41) is 0.585. The predicted octanol–water partition coefficient (Wildman–Crippen LogP) is 3.48. The number of allylic oxidation sites excluding steroid dienone is 1. The minimum absolute atomic E-state index is 0.0127. The molecule has 0 radical (unpaired) electrons. The molecule has 1 unspecified atom stereocenters. The van der Waals surface area contributed by atoms with Crippen molar-refractivity contribution in [3.05, 3.63) is 70.3 Å². The molecule has 1 aromatic heterocycles. The highest BCUT2D eigenvalue weighted by Gasteiger charge is 2.26. The molecule has 4 heteroatoms. The van der Waals surface area contributed by atoms with Gasteiger partial charge in [-0.1, -0.05) is 30.3 Å². The third kappa shape index (κ3) is 2.23. The van der Waals surface area contributed by atoms with Crippen LogP contribution in [0.5, 0.6) is 0 Å². The highest BCUT2D eigenvalue weighted by atomic mass is 16.1. The van der Waals surface area contributed by atoms with Gasteiger partial charge in [0.2, 0.25) is 0 Å². The summed E-state index contributed by atoms with van der Waals surface area (Å²) in [4.78, 5) is 17.5. The van der Waals surface area contributed by atoms with Crippen LogP contribution in [0.25, 0.3) is 22.6 Å². The molecular formula is C19H17N3O. The van der Waals surface area contributed by atoms with Crippen LogP contribution in [-0.2, 0) is 0 Å². The predicted molar refractivity (Wildman–Crippen MR) is 94.1 cm³/mol. The van der Waals surface area contributed by atoms with Gasteiger partial charge in [-0.3, -0.25) is 9.36 Å². The van der Waals surface area contributed by atoms with Crippen molar-refractivity contribution in [3.63, 3.8) is 0 Å². The van der Waals surface area contributed by atoms with Crippen molar-refractivity contribution >= 4 is 28.2 Å². The van der Waals surface area contributed by atoms with E-state index in [9.17, 15) is 4.79 Å². The van der Waals surface area contributed by atoms with Crippen LogP contribution >= 0.6 is 0 Å². The van der Waals surface area contributed by atoms with E-state index in [1.54, 1.807) is 16.7 Å². The zero-order chi connectivity index (χ0) is 16.0. The summed E-state index contributed by atoms with van der Waals surface area (Å²) in [5.41, 5.74) is 9.30. The largest absolute Gasteiger partial charge is 0.399 e. The van der Waals surface area contributed by atoms with Gasteiger partial charge >= 0.3 is 0 Å². The summed E-state index contributed by atoms with van der Waals surface area (Å²) in [6.45, 7) is 2.05. The zero-order valence-electron chi connectivity index (χ0n) is 12.9. The van der Waals surface area contributed by atoms with Crippen LogP contribution in [0.3, 0.4) is 0 Å². The van der Waals surface area contributed by atoms with Gasteiger partial charge in [0.25, 0.3) is 5.56 Å². The van der Waals surface area contributed by atoms with Crippen molar-refractivity contribution < 1.29 is 0 Å². The molecule has 114 valence electrons. The fourth-order valence-corrected chi connectivity index (χ4v) is 3.23. The Bertz CT molecular complexity index is 987. The van der Waals surface area contributed by atoms with E-state index < -0.39 is 0 Å². The minimum atomic E-state index is -0.0127. The van der Waals surface area contributed by atoms with E-state index >= 15 is 0 Å². The van der Waals surface area contributed by atoms with Gasteiger partial charge in [-0.2, -0.15) is 0 Å².